The number of nitrogens with one attached hydrogen (secondary N) is 3. The zero-order valence-electron chi connectivity index (χ0n) is 25.7. The fraction of sp³-hybridized carbons (Fsp3) is 0.364. The lowest BCUT2D eigenvalue weighted by Gasteiger charge is -2.31. The summed E-state index contributed by atoms with van der Waals surface area (Å²) in [6.45, 7) is 6.58. The SMILES string of the molecule is CC(C)C1C=Nc2c(Nc3cccc(NC(=O)c4ccc(NC(=O)/C=C/CN(C)C)cc4)c3)nc(N3CCCC(N)C3)nc21. The average molecular weight is 596 g/mol. The van der Waals surface area contributed by atoms with Crippen LogP contribution in [0.3, 0.4) is 0 Å². The largest absolute Gasteiger partial charge is 0.339 e. The molecular weight excluding hydrogens is 554 g/mol. The molecular formula is C33H41N9O2. The number of carbonyl (C=O) groups excluding carboxylic acids is 2. The minimum atomic E-state index is -0.262. The first kappa shape index (κ1) is 30.8. The van der Waals surface area contributed by atoms with Crippen molar-refractivity contribution in [2.75, 3.05) is 54.6 Å². The van der Waals surface area contributed by atoms with Gasteiger partial charge in [-0.05, 0) is 75.3 Å². The van der Waals surface area contributed by atoms with Gasteiger partial charge in [-0.2, -0.15) is 4.98 Å². The van der Waals surface area contributed by atoms with Crippen LogP contribution in [0.2, 0.25) is 0 Å². The van der Waals surface area contributed by atoms with Crippen molar-refractivity contribution in [3.8, 4) is 0 Å². The second-order valence-corrected chi connectivity index (χ2v) is 11.9. The number of nitrogens with two attached hydrogens (primary N) is 1. The number of likely N-dealkylation sites (N-methyl/N-ethyl adjacent to an activating group) is 1. The smallest absolute Gasteiger partial charge is 0.255 e. The van der Waals surface area contributed by atoms with Crippen molar-refractivity contribution in [3.05, 3.63) is 71.9 Å². The predicted molar refractivity (Wildman–Crippen MR) is 178 cm³/mol. The minimum Gasteiger partial charge on any atom is -0.339 e. The maximum Gasteiger partial charge on any atom is 0.255 e. The van der Waals surface area contributed by atoms with E-state index >= 15 is 0 Å². The van der Waals surface area contributed by atoms with Crippen LogP contribution >= 0.6 is 0 Å². The van der Waals surface area contributed by atoms with Crippen molar-refractivity contribution in [1.29, 1.82) is 0 Å². The van der Waals surface area contributed by atoms with Gasteiger partial charge in [0.15, 0.2) is 5.82 Å². The van der Waals surface area contributed by atoms with E-state index in [0.717, 1.165) is 36.5 Å². The Morgan fingerprint density at radius 2 is 1.84 bits per heavy atom. The molecule has 0 radical (unpaired) electrons. The van der Waals surface area contributed by atoms with Gasteiger partial charge >= 0.3 is 0 Å². The monoisotopic (exact) mass is 595 g/mol. The number of carbonyl (C=O) groups is 2. The Balaban J connectivity index is 1.29. The highest BCUT2D eigenvalue weighted by Gasteiger charge is 2.30. The Morgan fingerprint density at radius 1 is 1.07 bits per heavy atom. The third-order valence-corrected chi connectivity index (χ3v) is 7.58. The van der Waals surface area contributed by atoms with Crippen LogP contribution in [0.1, 0.15) is 48.7 Å². The summed E-state index contributed by atoms with van der Waals surface area (Å²) < 4.78 is 0. The molecule has 2 aliphatic heterocycles. The molecule has 2 atom stereocenters. The van der Waals surface area contributed by atoms with E-state index in [1.807, 2.05) is 49.5 Å². The summed E-state index contributed by atoms with van der Waals surface area (Å²) in [6.07, 6.45) is 7.24. The van der Waals surface area contributed by atoms with Gasteiger partial charge < -0.3 is 31.5 Å². The fourth-order valence-corrected chi connectivity index (χ4v) is 5.23. The molecule has 1 fully saturated rings. The summed E-state index contributed by atoms with van der Waals surface area (Å²) in [4.78, 5) is 43.8. The summed E-state index contributed by atoms with van der Waals surface area (Å²) in [6, 6.07) is 14.3. The molecule has 2 unspecified atom stereocenters. The zero-order valence-corrected chi connectivity index (χ0v) is 25.7. The van der Waals surface area contributed by atoms with Gasteiger partial charge in [0, 0.05) is 66.5 Å². The number of anilines is 5. The summed E-state index contributed by atoms with van der Waals surface area (Å²) in [5, 5.41) is 9.19. The topological polar surface area (TPSA) is 141 Å². The molecule has 11 heteroatoms. The highest BCUT2D eigenvalue weighted by molar-refractivity contribution is 6.05. The van der Waals surface area contributed by atoms with Crippen LogP contribution in [0.15, 0.2) is 65.7 Å². The Morgan fingerprint density at radius 3 is 2.57 bits per heavy atom. The molecule has 5 rings (SSSR count). The molecule has 0 spiro atoms. The molecule has 0 saturated carbocycles. The minimum absolute atomic E-state index is 0.0969. The second kappa shape index (κ2) is 13.8. The van der Waals surface area contributed by atoms with E-state index in [2.05, 4.69) is 34.7 Å². The van der Waals surface area contributed by atoms with Crippen LogP contribution in [-0.2, 0) is 4.79 Å². The Kier molecular flexibility index (Phi) is 9.66. The van der Waals surface area contributed by atoms with Crippen molar-refractivity contribution in [3.63, 3.8) is 0 Å². The second-order valence-electron chi connectivity index (χ2n) is 11.9. The number of piperidine rings is 1. The molecule has 3 heterocycles. The third-order valence-electron chi connectivity index (χ3n) is 7.58. The molecule has 2 aromatic carbocycles. The Labute approximate surface area is 258 Å². The first-order valence-electron chi connectivity index (χ1n) is 15.0. The van der Waals surface area contributed by atoms with E-state index in [1.165, 1.54) is 6.08 Å². The number of aromatic nitrogens is 2. The lowest BCUT2D eigenvalue weighted by molar-refractivity contribution is -0.111. The zero-order chi connectivity index (χ0) is 31.2. The lowest BCUT2D eigenvalue weighted by Crippen LogP contribution is -2.43. The number of fused-ring (bicyclic) bond motifs is 1. The van der Waals surface area contributed by atoms with E-state index in [0.29, 0.717) is 47.7 Å². The molecule has 2 aliphatic rings. The molecule has 11 nitrogen and oxygen atoms in total. The number of nitrogens with zero attached hydrogens (tertiary/aromatic N) is 5. The standard InChI is InChI=1S/C33H41N9O2/c1-21(2)27-19-35-30-29(27)39-33(42-17-6-8-23(34)20-42)40-31(30)37-25-9-5-10-26(18-25)38-32(44)22-12-14-24(15-13-22)36-28(43)11-7-16-41(3)4/h5,7,9-15,18-19,21,23,27H,6,8,16-17,20,34H2,1-4H3,(H,36,43)(H,38,44)(H,37,39,40)/b11-7+. The van der Waals surface area contributed by atoms with Crippen molar-refractivity contribution in [2.24, 2.45) is 16.6 Å². The molecule has 230 valence electrons. The molecule has 0 aliphatic carbocycles. The van der Waals surface area contributed by atoms with Gasteiger partial charge in [0.1, 0.15) is 5.69 Å². The summed E-state index contributed by atoms with van der Waals surface area (Å²) >= 11 is 0. The molecule has 3 aromatic rings. The number of aliphatic imine (C=N–C) groups is 1. The molecule has 1 aromatic heterocycles. The number of hydrogen-bond acceptors (Lipinski definition) is 9. The van der Waals surface area contributed by atoms with Crippen LogP contribution in [0.4, 0.5) is 34.5 Å². The summed E-state index contributed by atoms with van der Waals surface area (Å²) in [7, 11) is 3.86. The highest BCUT2D eigenvalue weighted by atomic mass is 16.2. The number of amides is 2. The Bertz CT molecular complexity index is 1550. The fourth-order valence-electron chi connectivity index (χ4n) is 5.23. The predicted octanol–water partition coefficient (Wildman–Crippen LogP) is 4.91. The van der Waals surface area contributed by atoms with E-state index in [-0.39, 0.29) is 23.8 Å². The van der Waals surface area contributed by atoms with Crippen molar-refractivity contribution < 1.29 is 9.59 Å². The quantitative estimate of drug-likeness (QED) is 0.242. The molecule has 1 saturated heterocycles. The normalized spacial score (nSPS) is 17.8. The van der Waals surface area contributed by atoms with Gasteiger partial charge in [-0.1, -0.05) is 26.0 Å². The molecule has 44 heavy (non-hydrogen) atoms. The molecule has 0 bridgehead atoms. The van der Waals surface area contributed by atoms with E-state index in [4.69, 9.17) is 20.7 Å². The van der Waals surface area contributed by atoms with Crippen LogP contribution in [0.25, 0.3) is 0 Å². The number of benzene rings is 2. The Hall–Kier alpha value is -4.61. The van der Waals surface area contributed by atoms with Gasteiger partial charge in [0.05, 0.1) is 5.69 Å². The van der Waals surface area contributed by atoms with Crippen molar-refractivity contribution >= 4 is 52.5 Å². The van der Waals surface area contributed by atoms with E-state index < -0.39 is 0 Å². The first-order valence-corrected chi connectivity index (χ1v) is 15.0. The van der Waals surface area contributed by atoms with Crippen LogP contribution in [0, 0.1) is 5.92 Å². The maximum absolute atomic E-state index is 13.0. The molecule has 2 amide bonds. The van der Waals surface area contributed by atoms with E-state index in [1.54, 1.807) is 30.3 Å². The van der Waals surface area contributed by atoms with Crippen molar-refractivity contribution in [2.45, 2.75) is 38.6 Å². The van der Waals surface area contributed by atoms with Crippen LogP contribution in [0.5, 0.6) is 0 Å². The van der Waals surface area contributed by atoms with Crippen LogP contribution in [-0.4, -0.2) is 72.7 Å². The van der Waals surface area contributed by atoms with E-state index in [9.17, 15) is 9.59 Å². The summed E-state index contributed by atoms with van der Waals surface area (Å²) in [5.41, 5.74) is 10.4. The third kappa shape index (κ3) is 7.66. The highest BCUT2D eigenvalue weighted by Crippen LogP contribution is 2.41. The maximum atomic E-state index is 13.0. The van der Waals surface area contributed by atoms with Crippen molar-refractivity contribution in [1.82, 2.24) is 14.9 Å². The average Bonchev–Trinajstić information content (AvgIpc) is 3.42. The first-order chi connectivity index (χ1) is 21.2. The lowest BCUT2D eigenvalue weighted by atomic mass is 9.94. The van der Waals surface area contributed by atoms with Crippen LogP contribution < -0.4 is 26.6 Å². The van der Waals surface area contributed by atoms with Gasteiger partial charge in [-0.25, -0.2) is 4.98 Å². The molecule has 5 N–H and O–H groups in total. The van der Waals surface area contributed by atoms with Gasteiger partial charge in [-0.15, -0.1) is 0 Å². The van der Waals surface area contributed by atoms with Gasteiger partial charge in [-0.3, -0.25) is 14.6 Å². The number of rotatable bonds is 10. The van der Waals surface area contributed by atoms with Gasteiger partial charge in [0.25, 0.3) is 5.91 Å². The summed E-state index contributed by atoms with van der Waals surface area (Å²) in [5.74, 6) is 1.25. The number of hydrogen-bond donors (Lipinski definition) is 4. The van der Waals surface area contributed by atoms with Gasteiger partial charge in [0.2, 0.25) is 11.9 Å².